The van der Waals surface area contributed by atoms with Gasteiger partial charge in [-0.1, -0.05) is 31.6 Å². The fourth-order valence-corrected chi connectivity index (χ4v) is 2.23. The van der Waals surface area contributed by atoms with Crippen molar-refractivity contribution < 1.29 is 4.74 Å². The minimum atomic E-state index is 0.803. The Kier molecular flexibility index (Phi) is 5.60. The molecular formula is C18H23NO. The molecule has 1 aromatic rings. The summed E-state index contributed by atoms with van der Waals surface area (Å²) in [4.78, 5) is 4.60. The number of hydrogen-bond acceptors (Lipinski definition) is 2. The molecule has 20 heavy (non-hydrogen) atoms. The highest BCUT2D eigenvalue weighted by atomic mass is 16.5. The van der Waals surface area contributed by atoms with E-state index >= 15 is 0 Å². The third-order valence-electron chi connectivity index (χ3n) is 3.34. The largest absolute Gasteiger partial charge is 0.494 e. The van der Waals surface area contributed by atoms with E-state index in [1.165, 1.54) is 11.1 Å². The molecule has 2 heteroatoms. The van der Waals surface area contributed by atoms with Gasteiger partial charge in [0.2, 0.25) is 0 Å². The Morgan fingerprint density at radius 2 is 2.20 bits per heavy atom. The molecule has 1 heterocycles. The van der Waals surface area contributed by atoms with Crippen LogP contribution in [0.4, 0.5) is 0 Å². The van der Waals surface area contributed by atoms with E-state index < -0.39 is 0 Å². The number of unbranched alkanes of at least 4 members (excludes halogenated alkanes) is 1. The number of nitrogens with zero attached hydrogens (tertiary/aromatic N) is 1. The summed E-state index contributed by atoms with van der Waals surface area (Å²) >= 11 is 0. The summed E-state index contributed by atoms with van der Waals surface area (Å²) in [5, 5.41) is 0. The van der Waals surface area contributed by atoms with Gasteiger partial charge in [0.05, 0.1) is 12.3 Å². The van der Waals surface area contributed by atoms with E-state index in [0.717, 1.165) is 43.9 Å². The number of benzene rings is 1. The summed E-state index contributed by atoms with van der Waals surface area (Å²) in [6.45, 7) is 5.86. The third kappa shape index (κ3) is 3.83. The molecule has 2 rings (SSSR count). The second-order valence-electron chi connectivity index (χ2n) is 4.92. The number of aliphatic imine (C=N–C) groups is 1. The second-order valence-corrected chi connectivity index (χ2v) is 4.92. The lowest BCUT2D eigenvalue weighted by molar-refractivity contribution is 0.309. The number of rotatable bonds is 6. The van der Waals surface area contributed by atoms with Crippen LogP contribution in [-0.2, 0) is 6.42 Å². The fraction of sp³-hybridized carbons (Fsp3) is 0.389. The first-order valence-corrected chi connectivity index (χ1v) is 7.45. The predicted octanol–water partition coefficient (Wildman–Crippen LogP) is 4.34. The molecule has 0 aliphatic carbocycles. The van der Waals surface area contributed by atoms with Crippen LogP contribution in [0.2, 0.25) is 0 Å². The van der Waals surface area contributed by atoms with Crippen molar-refractivity contribution in [2.45, 2.75) is 33.1 Å². The number of allylic oxidation sites excluding steroid dienone is 4. The van der Waals surface area contributed by atoms with Crippen LogP contribution >= 0.6 is 0 Å². The SMILES string of the molecule is C/C=C/C=C/C1=NCCc2cc(OCCCC)ccc21. The van der Waals surface area contributed by atoms with Crippen LogP contribution in [0.25, 0.3) is 0 Å². The molecule has 0 fully saturated rings. The molecule has 106 valence electrons. The van der Waals surface area contributed by atoms with Gasteiger partial charge in [0.25, 0.3) is 0 Å². The molecular weight excluding hydrogens is 246 g/mol. The van der Waals surface area contributed by atoms with Crippen molar-refractivity contribution in [2.24, 2.45) is 4.99 Å². The minimum absolute atomic E-state index is 0.803. The lowest BCUT2D eigenvalue weighted by Gasteiger charge is -2.16. The Balaban J connectivity index is 2.13. The minimum Gasteiger partial charge on any atom is -0.494 e. The average Bonchev–Trinajstić information content (AvgIpc) is 2.48. The zero-order valence-electron chi connectivity index (χ0n) is 12.4. The zero-order chi connectivity index (χ0) is 14.2. The van der Waals surface area contributed by atoms with E-state index in [9.17, 15) is 0 Å². The van der Waals surface area contributed by atoms with Gasteiger partial charge in [-0.3, -0.25) is 4.99 Å². The quantitative estimate of drug-likeness (QED) is 0.556. The van der Waals surface area contributed by atoms with Crippen molar-refractivity contribution in [3.63, 3.8) is 0 Å². The predicted molar refractivity (Wildman–Crippen MR) is 85.9 cm³/mol. The summed E-state index contributed by atoms with van der Waals surface area (Å²) < 4.78 is 5.78. The standard InChI is InChI=1S/C18H23NO/c1-3-5-7-8-18-17-10-9-16(20-13-6-4-2)14-15(17)11-12-19-18/h3,5,7-10,14H,4,6,11-13H2,1-2H3/b5-3+,8-7+. The van der Waals surface area contributed by atoms with E-state index in [1.807, 2.05) is 25.2 Å². The highest BCUT2D eigenvalue weighted by Gasteiger charge is 2.12. The van der Waals surface area contributed by atoms with Gasteiger partial charge in [-0.25, -0.2) is 0 Å². The van der Waals surface area contributed by atoms with Crippen molar-refractivity contribution in [1.82, 2.24) is 0 Å². The van der Waals surface area contributed by atoms with Gasteiger partial charge in [0.1, 0.15) is 5.75 Å². The molecule has 0 radical (unpaired) electrons. The maximum Gasteiger partial charge on any atom is 0.119 e. The van der Waals surface area contributed by atoms with E-state index in [2.05, 4.69) is 36.2 Å². The van der Waals surface area contributed by atoms with Gasteiger partial charge in [-0.2, -0.15) is 0 Å². The molecule has 1 aliphatic rings. The highest BCUT2D eigenvalue weighted by Crippen LogP contribution is 2.23. The number of hydrogen-bond donors (Lipinski definition) is 0. The Bertz CT molecular complexity index is 526. The zero-order valence-corrected chi connectivity index (χ0v) is 12.4. The third-order valence-corrected chi connectivity index (χ3v) is 3.34. The van der Waals surface area contributed by atoms with Crippen LogP contribution in [0.15, 0.2) is 47.5 Å². The van der Waals surface area contributed by atoms with Crippen LogP contribution in [0, 0.1) is 0 Å². The first-order chi connectivity index (χ1) is 9.85. The normalized spacial score (nSPS) is 14.6. The van der Waals surface area contributed by atoms with Crippen molar-refractivity contribution in [1.29, 1.82) is 0 Å². The van der Waals surface area contributed by atoms with Gasteiger partial charge in [0.15, 0.2) is 0 Å². The molecule has 0 bridgehead atoms. The summed E-state index contributed by atoms with van der Waals surface area (Å²) in [5.74, 6) is 0.982. The summed E-state index contributed by atoms with van der Waals surface area (Å²) in [6, 6.07) is 6.36. The Morgan fingerprint density at radius 3 is 3.00 bits per heavy atom. The first kappa shape index (κ1) is 14.6. The summed E-state index contributed by atoms with van der Waals surface area (Å²) in [6.07, 6.45) is 11.4. The molecule has 1 aromatic carbocycles. The molecule has 0 N–H and O–H groups in total. The van der Waals surface area contributed by atoms with Gasteiger partial charge >= 0.3 is 0 Å². The van der Waals surface area contributed by atoms with Gasteiger partial charge in [-0.05, 0) is 49.6 Å². The Morgan fingerprint density at radius 1 is 1.30 bits per heavy atom. The Hall–Kier alpha value is -1.83. The molecule has 0 aromatic heterocycles. The molecule has 0 spiro atoms. The summed E-state index contributed by atoms with van der Waals surface area (Å²) in [7, 11) is 0. The van der Waals surface area contributed by atoms with Crippen molar-refractivity contribution in [2.75, 3.05) is 13.2 Å². The molecule has 1 aliphatic heterocycles. The maximum atomic E-state index is 5.78. The van der Waals surface area contributed by atoms with Gasteiger partial charge in [0, 0.05) is 12.1 Å². The van der Waals surface area contributed by atoms with Gasteiger partial charge < -0.3 is 4.74 Å². The second kappa shape index (κ2) is 7.68. The first-order valence-electron chi connectivity index (χ1n) is 7.45. The van der Waals surface area contributed by atoms with E-state index in [4.69, 9.17) is 4.74 Å². The van der Waals surface area contributed by atoms with Crippen LogP contribution in [-0.4, -0.2) is 18.9 Å². The number of ether oxygens (including phenoxy) is 1. The molecule has 0 amide bonds. The highest BCUT2D eigenvalue weighted by molar-refractivity contribution is 6.10. The number of fused-ring (bicyclic) bond motifs is 1. The van der Waals surface area contributed by atoms with Crippen LogP contribution in [0.3, 0.4) is 0 Å². The van der Waals surface area contributed by atoms with Gasteiger partial charge in [-0.15, -0.1) is 0 Å². The monoisotopic (exact) mass is 269 g/mol. The van der Waals surface area contributed by atoms with Crippen LogP contribution < -0.4 is 4.74 Å². The van der Waals surface area contributed by atoms with Crippen LogP contribution in [0.1, 0.15) is 37.8 Å². The fourth-order valence-electron chi connectivity index (χ4n) is 2.23. The molecule has 0 saturated heterocycles. The maximum absolute atomic E-state index is 5.78. The van der Waals surface area contributed by atoms with E-state index in [1.54, 1.807) is 0 Å². The molecule has 0 atom stereocenters. The lowest BCUT2D eigenvalue weighted by Crippen LogP contribution is -2.11. The van der Waals surface area contributed by atoms with Crippen LogP contribution in [0.5, 0.6) is 5.75 Å². The topological polar surface area (TPSA) is 21.6 Å². The Labute approximate surface area is 121 Å². The van der Waals surface area contributed by atoms with Crippen molar-refractivity contribution in [3.05, 3.63) is 53.6 Å². The lowest BCUT2D eigenvalue weighted by atomic mass is 9.97. The smallest absolute Gasteiger partial charge is 0.119 e. The molecule has 2 nitrogen and oxygen atoms in total. The van der Waals surface area contributed by atoms with Crippen molar-refractivity contribution in [3.8, 4) is 5.75 Å². The van der Waals surface area contributed by atoms with E-state index in [-0.39, 0.29) is 0 Å². The summed E-state index contributed by atoms with van der Waals surface area (Å²) in [5.41, 5.74) is 3.65. The van der Waals surface area contributed by atoms with Crippen molar-refractivity contribution >= 4 is 5.71 Å². The van der Waals surface area contributed by atoms with E-state index in [0.29, 0.717) is 0 Å². The molecule has 0 saturated carbocycles. The molecule has 0 unspecified atom stereocenters. The average molecular weight is 269 g/mol.